The van der Waals surface area contributed by atoms with Gasteiger partial charge in [0.2, 0.25) is 11.8 Å². The Morgan fingerprint density at radius 3 is 2.12 bits per heavy atom. The minimum atomic E-state index is -4.10. The number of hydrogen-bond acceptors (Lipinski definition) is 4. The first-order valence-corrected chi connectivity index (χ1v) is 15.4. The van der Waals surface area contributed by atoms with Crippen molar-refractivity contribution in [3.63, 3.8) is 0 Å². The molecule has 0 saturated heterocycles. The number of amides is 2. The summed E-state index contributed by atoms with van der Waals surface area (Å²) in [6.45, 7) is 7.81. The second-order valence-corrected chi connectivity index (χ2v) is 12.2. The Morgan fingerprint density at radius 1 is 0.925 bits per heavy atom. The molecule has 3 aromatic carbocycles. The highest BCUT2D eigenvalue weighted by molar-refractivity contribution is 7.92. The van der Waals surface area contributed by atoms with Crippen LogP contribution in [0, 0.1) is 13.8 Å². The average Bonchev–Trinajstić information content (AvgIpc) is 2.92. The number of nitrogens with one attached hydrogen (secondary N) is 1. The number of hydrogen-bond donors (Lipinski definition) is 1. The number of benzene rings is 3. The molecule has 40 heavy (non-hydrogen) atoms. The van der Waals surface area contributed by atoms with E-state index in [0.717, 1.165) is 33.8 Å². The summed E-state index contributed by atoms with van der Waals surface area (Å²) < 4.78 is 29.0. The number of anilines is 1. The average molecular weight is 584 g/mol. The van der Waals surface area contributed by atoms with Crippen LogP contribution < -0.4 is 9.62 Å². The summed E-state index contributed by atoms with van der Waals surface area (Å²) in [5, 5.41) is 3.49. The van der Waals surface area contributed by atoms with Crippen LogP contribution in [0.15, 0.2) is 77.7 Å². The Bertz CT molecular complexity index is 1380. The first-order chi connectivity index (χ1) is 19.1. The van der Waals surface area contributed by atoms with Crippen LogP contribution in [-0.4, -0.2) is 44.3 Å². The van der Waals surface area contributed by atoms with Crippen molar-refractivity contribution in [1.82, 2.24) is 10.2 Å². The van der Waals surface area contributed by atoms with Gasteiger partial charge in [-0.25, -0.2) is 8.42 Å². The first kappa shape index (κ1) is 31.2. The summed E-state index contributed by atoms with van der Waals surface area (Å²) in [5.74, 6) is -0.742. The minimum absolute atomic E-state index is 0.0792. The second-order valence-electron chi connectivity index (χ2n) is 9.89. The largest absolute Gasteiger partial charge is 0.354 e. The van der Waals surface area contributed by atoms with Gasteiger partial charge in [-0.15, -0.1) is 0 Å². The van der Waals surface area contributed by atoms with Gasteiger partial charge in [0, 0.05) is 18.1 Å². The number of sulfonamides is 1. The molecular formula is C31H38ClN3O4S. The third-order valence-electron chi connectivity index (χ3n) is 6.59. The fourth-order valence-corrected chi connectivity index (χ4v) is 6.10. The fraction of sp³-hybridized carbons (Fsp3) is 0.355. The van der Waals surface area contributed by atoms with E-state index in [2.05, 4.69) is 5.32 Å². The van der Waals surface area contributed by atoms with E-state index in [-0.39, 0.29) is 17.3 Å². The van der Waals surface area contributed by atoms with E-state index >= 15 is 0 Å². The highest BCUT2D eigenvalue weighted by Crippen LogP contribution is 2.27. The molecule has 7 nitrogen and oxygen atoms in total. The third kappa shape index (κ3) is 8.08. The normalized spacial score (nSPS) is 12.0. The lowest BCUT2D eigenvalue weighted by molar-refractivity contribution is -0.140. The van der Waals surface area contributed by atoms with Crippen LogP contribution in [0.4, 0.5) is 5.69 Å². The zero-order valence-corrected chi connectivity index (χ0v) is 25.1. The van der Waals surface area contributed by atoms with Crippen molar-refractivity contribution < 1.29 is 18.0 Å². The maximum Gasteiger partial charge on any atom is 0.264 e. The van der Waals surface area contributed by atoms with Crippen molar-refractivity contribution in [2.24, 2.45) is 0 Å². The van der Waals surface area contributed by atoms with Crippen molar-refractivity contribution in [1.29, 1.82) is 0 Å². The van der Waals surface area contributed by atoms with Gasteiger partial charge in [-0.1, -0.05) is 68.3 Å². The molecule has 0 aliphatic rings. The smallest absolute Gasteiger partial charge is 0.264 e. The number of halogens is 1. The SMILES string of the molecule is CCCCNC(=O)[C@H](CC)N(Cc1ccc(Cl)cc1)C(=O)CN(c1cc(C)cc(C)c1)S(=O)(=O)c1ccccc1. The molecule has 3 aromatic rings. The van der Waals surface area contributed by atoms with Crippen LogP contribution in [0.3, 0.4) is 0 Å². The quantitative estimate of drug-likeness (QED) is 0.255. The lowest BCUT2D eigenvalue weighted by Crippen LogP contribution is -2.52. The van der Waals surface area contributed by atoms with E-state index in [1.165, 1.54) is 17.0 Å². The first-order valence-electron chi connectivity index (χ1n) is 13.5. The van der Waals surface area contributed by atoms with Gasteiger partial charge in [0.25, 0.3) is 10.0 Å². The van der Waals surface area contributed by atoms with Gasteiger partial charge in [0.05, 0.1) is 10.6 Å². The summed E-state index contributed by atoms with van der Waals surface area (Å²) in [4.78, 5) is 28.9. The number of aryl methyl sites for hydroxylation is 2. The van der Waals surface area contributed by atoms with E-state index in [0.29, 0.717) is 23.7 Å². The molecule has 0 bridgehead atoms. The predicted molar refractivity (Wildman–Crippen MR) is 161 cm³/mol. The standard InChI is InChI=1S/C31H38ClN3O4S/c1-5-7-17-33-31(37)29(6-2)34(21-25-13-15-26(32)16-14-25)30(36)22-35(27-19-23(3)18-24(4)20-27)40(38,39)28-11-9-8-10-12-28/h8-16,18-20,29H,5-7,17,21-22H2,1-4H3,(H,33,37)/t29-/m0/s1. The molecule has 3 rings (SSSR count). The van der Waals surface area contributed by atoms with Gasteiger partial charge in [0.15, 0.2) is 0 Å². The fourth-order valence-electron chi connectivity index (χ4n) is 4.56. The molecule has 0 saturated carbocycles. The van der Waals surface area contributed by atoms with Gasteiger partial charge < -0.3 is 10.2 Å². The van der Waals surface area contributed by atoms with Gasteiger partial charge in [0.1, 0.15) is 12.6 Å². The number of carbonyl (C=O) groups excluding carboxylic acids is 2. The molecule has 0 unspecified atom stereocenters. The third-order valence-corrected chi connectivity index (χ3v) is 8.63. The van der Waals surface area contributed by atoms with Crippen molar-refractivity contribution in [3.8, 4) is 0 Å². The summed E-state index contributed by atoms with van der Waals surface area (Å²) >= 11 is 6.07. The molecule has 1 N–H and O–H groups in total. The van der Waals surface area contributed by atoms with Crippen LogP contribution in [0.5, 0.6) is 0 Å². The molecule has 0 aromatic heterocycles. The summed E-state index contributed by atoms with van der Waals surface area (Å²) in [6.07, 6.45) is 2.11. The van der Waals surface area contributed by atoms with Crippen LogP contribution in [0.2, 0.25) is 5.02 Å². The highest BCUT2D eigenvalue weighted by Gasteiger charge is 2.33. The van der Waals surface area contributed by atoms with Gasteiger partial charge >= 0.3 is 0 Å². The van der Waals surface area contributed by atoms with E-state index in [9.17, 15) is 18.0 Å². The van der Waals surface area contributed by atoms with E-state index < -0.39 is 28.5 Å². The summed E-state index contributed by atoms with van der Waals surface area (Å²) in [6, 6.07) is 19.8. The van der Waals surface area contributed by atoms with Crippen LogP contribution in [-0.2, 0) is 26.2 Å². The zero-order chi connectivity index (χ0) is 29.3. The van der Waals surface area contributed by atoms with Crippen molar-refractivity contribution in [3.05, 3.63) is 94.5 Å². The molecule has 214 valence electrons. The Balaban J connectivity index is 2.05. The predicted octanol–water partition coefficient (Wildman–Crippen LogP) is 5.88. The number of nitrogens with zero attached hydrogens (tertiary/aromatic N) is 2. The zero-order valence-electron chi connectivity index (χ0n) is 23.6. The summed E-state index contributed by atoms with van der Waals surface area (Å²) in [5.41, 5.74) is 2.91. The molecular weight excluding hydrogens is 546 g/mol. The number of unbranched alkanes of at least 4 members (excludes halogenated alkanes) is 1. The molecule has 0 aliphatic heterocycles. The number of carbonyl (C=O) groups is 2. The molecule has 0 radical (unpaired) electrons. The molecule has 0 spiro atoms. The van der Waals surface area contributed by atoms with Crippen molar-refractivity contribution >= 4 is 39.1 Å². The van der Waals surface area contributed by atoms with E-state index in [4.69, 9.17) is 11.6 Å². The maximum absolute atomic E-state index is 14.1. The molecule has 0 heterocycles. The van der Waals surface area contributed by atoms with Crippen LogP contribution >= 0.6 is 11.6 Å². The second kappa shape index (κ2) is 14.3. The molecule has 2 amide bonds. The Kier molecular flexibility index (Phi) is 11.2. The lowest BCUT2D eigenvalue weighted by atomic mass is 10.1. The summed E-state index contributed by atoms with van der Waals surface area (Å²) in [7, 11) is -4.10. The lowest BCUT2D eigenvalue weighted by Gasteiger charge is -2.33. The topological polar surface area (TPSA) is 86.8 Å². The Labute approximate surface area is 243 Å². The van der Waals surface area contributed by atoms with Crippen molar-refractivity contribution in [2.45, 2.75) is 64.4 Å². The Hall–Kier alpha value is -3.36. The van der Waals surface area contributed by atoms with E-state index in [1.807, 2.05) is 33.8 Å². The monoisotopic (exact) mass is 583 g/mol. The molecule has 0 fully saturated rings. The van der Waals surface area contributed by atoms with Gasteiger partial charge in [-0.3, -0.25) is 13.9 Å². The van der Waals surface area contributed by atoms with Gasteiger partial charge in [-0.05, 0) is 79.8 Å². The van der Waals surface area contributed by atoms with Gasteiger partial charge in [-0.2, -0.15) is 0 Å². The molecule has 0 aliphatic carbocycles. The van der Waals surface area contributed by atoms with E-state index in [1.54, 1.807) is 54.6 Å². The minimum Gasteiger partial charge on any atom is -0.354 e. The molecule has 1 atom stereocenters. The molecule has 9 heteroatoms. The highest BCUT2D eigenvalue weighted by atomic mass is 35.5. The van der Waals surface area contributed by atoms with Crippen LogP contribution in [0.25, 0.3) is 0 Å². The maximum atomic E-state index is 14.1. The van der Waals surface area contributed by atoms with Crippen molar-refractivity contribution in [2.75, 3.05) is 17.4 Å². The van der Waals surface area contributed by atoms with Crippen LogP contribution in [0.1, 0.15) is 49.8 Å². The Morgan fingerprint density at radius 2 is 1.55 bits per heavy atom. The number of rotatable bonds is 13.